The molecule has 43 heavy (non-hydrogen) atoms. The largest absolute Gasteiger partial charge is 0.454 e. The molecule has 4 aromatic rings. The number of pyridine rings is 1. The molecule has 2 aromatic carbocycles. The Bertz CT molecular complexity index is 1890. The van der Waals surface area contributed by atoms with Crippen LogP contribution in [0.25, 0.3) is 11.7 Å². The van der Waals surface area contributed by atoms with Gasteiger partial charge in [0.15, 0.2) is 11.5 Å². The molecule has 0 N–H and O–H groups in total. The number of piperazine rings is 1. The summed E-state index contributed by atoms with van der Waals surface area (Å²) in [6.07, 6.45) is 3.36. The number of thiocarbonyl (C=S) groups is 1. The first kappa shape index (κ1) is 27.8. The summed E-state index contributed by atoms with van der Waals surface area (Å²) in [4.78, 5) is 38.9. The highest BCUT2D eigenvalue weighted by molar-refractivity contribution is 8.26. The van der Waals surface area contributed by atoms with Gasteiger partial charge in [0.25, 0.3) is 11.5 Å². The van der Waals surface area contributed by atoms with E-state index in [1.807, 2.05) is 61.5 Å². The Morgan fingerprint density at radius 3 is 2.60 bits per heavy atom. The number of hydrogen-bond donors (Lipinski definition) is 0. The van der Waals surface area contributed by atoms with Crippen LogP contribution in [0.15, 0.2) is 70.5 Å². The third-order valence-electron chi connectivity index (χ3n) is 7.74. The molecule has 0 aliphatic carbocycles. The Labute approximate surface area is 262 Å². The van der Waals surface area contributed by atoms with Gasteiger partial charge in [-0.2, -0.15) is 0 Å². The highest BCUT2D eigenvalue weighted by Gasteiger charge is 2.34. The normalized spacial score (nSPS) is 17.5. The van der Waals surface area contributed by atoms with Gasteiger partial charge in [0.1, 0.15) is 15.8 Å². The fraction of sp³-hybridized carbons (Fsp3) is 0.226. The molecular weight excluding hydrogens is 606 g/mol. The lowest BCUT2D eigenvalue weighted by Crippen LogP contribution is -2.47. The number of halogens is 1. The maximum Gasteiger partial charge on any atom is 0.267 e. The molecule has 218 valence electrons. The van der Waals surface area contributed by atoms with Crippen LogP contribution < -0.4 is 24.8 Å². The number of thioether (sulfide) groups is 1. The Hall–Kier alpha value is -4.06. The lowest BCUT2D eigenvalue weighted by molar-refractivity contribution is -0.122. The van der Waals surface area contributed by atoms with Crippen molar-refractivity contribution in [1.82, 2.24) is 14.3 Å². The fourth-order valence-electron chi connectivity index (χ4n) is 5.51. The average Bonchev–Trinajstić information content (AvgIpc) is 3.58. The number of rotatable bonds is 5. The molecule has 2 saturated heterocycles. The minimum absolute atomic E-state index is 0.176. The van der Waals surface area contributed by atoms with Crippen molar-refractivity contribution in [1.29, 1.82) is 0 Å². The zero-order valence-corrected chi connectivity index (χ0v) is 25.5. The summed E-state index contributed by atoms with van der Waals surface area (Å²) in [6.45, 7) is 5.14. The van der Waals surface area contributed by atoms with E-state index < -0.39 is 0 Å². The van der Waals surface area contributed by atoms with Gasteiger partial charge >= 0.3 is 0 Å². The molecule has 0 bridgehead atoms. The summed E-state index contributed by atoms with van der Waals surface area (Å²) in [6, 6.07) is 17.1. The predicted molar refractivity (Wildman–Crippen MR) is 173 cm³/mol. The number of nitrogens with zero attached hydrogens (tertiary/aromatic N) is 5. The molecule has 12 heteroatoms. The standard InChI is InChI=1S/C31H26ClN5O4S2/c1-19-4-3-9-36-27(19)33-28(35-12-10-34(11-13-35)22-6-2-5-21(32)15-22)23(29(36)38)16-26-30(39)37(31(42)43-26)17-20-7-8-24-25(14-20)41-18-40-24/h2-9,14-16H,10-13,17-18H2,1H3/b26-16-. The van der Waals surface area contributed by atoms with E-state index in [0.717, 1.165) is 29.9 Å². The minimum Gasteiger partial charge on any atom is -0.454 e. The zero-order chi connectivity index (χ0) is 29.7. The number of fused-ring (bicyclic) bond motifs is 2. The number of carbonyl (C=O) groups is 1. The van der Waals surface area contributed by atoms with Crippen LogP contribution in [-0.4, -0.2) is 57.5 Å². The van der Waals surface area contributed by atoms with Gasteiger partial charge in [-0.15, -0.1) is 0 Å². The number of ether oxygens (including phenoxy) is 2. The van der Waals surface area contributed by atoms with Crippen LogP contribution in [-0.2, 0) is 11.3 Å². The molecule has 0 atom stereocenters. The first-order chi connectivity index (χ1) is 20.9. The van der Waals surface area contributed by atoms with Gasteiger partial charge in [-0.05, 0) is 60.5 Å². The van der Waals surface area contributed by atoms with E-state index >= 15 is 0 Å². The molecule has 0 spiro atoms. The van der Waals surface area contributed by atoms with Crippen molar-refractivity contribution in [3.05, 3.63) is 97.8 Å². The number of anilines is 2. The van der Waals surface area contributed by atoms with Gasteiger partial charge in [-0.1, -0.05) is 53.8 Å². The Balaban J connectivity index is 1.21. The van der Waals surface area contributed by atoms with Crippen LogP contribution in [0, 0.1) is 6.92 Å². The lowest BCUT2D eigenvalue weighted by Gasteiger charge is -2.37. The first-order valence-corrected chi connectivity index (χ1v) is 15.4. The third kappa shape index (κ3) is 5.21. The van der Waals surface area contributed by atoms with Gasteiger partial charge in [-0.25, -0.2) is 4.98 Å². The first-order valence-electron chi connectivity index (χ1n) is 13.8. The summed E-state index contributed by atoms with van der Waals surface area (Å²) in [5.74, 6) is 1.63. The van der Waals surface area contributed by atoms with Gasteiger partial charge in [0.2, 0.25) is 6.79 Å². The van der Waals surface area contributed by atoms with Gasteiger partial charge in [-0.3, -0.25) is 18.9 Å². The molecule has 0 unspecified atom stereocenters. The molecule has 9 nitrogen and oxygen atoms in total. The molecule has 3 aliphatic rings. The molecular formula is C31H26ClN5O4S2. The molecule has 2 fully saturated rings. The number of hydrogen-bond acceptors (Lipinski definition) is 9. The zero-order valence-electron chi connectivity index (χ0n) is 23.2. The van der Waals surface area contributed by atoms with Crippen molar-refractivity contribution in [2.75, 3.05) is 42.8 Å². The van der Waals surface area contributed by atoms with Gasteiger partial charge < -0.3 is 19.3 Å². The second-order valence-corrected chi connectivity index (χ2v) is 12.6. The van der Waals surface area contributed by atoms with Crippen molar-refractivity contribution in [2.45, 2.75) is 13.5 Å². The van der Waals surface area contributed by atoms with Gasteiger partial charge in [0.05, 0.1) is 17.0 Å². The number of amides is 1. The van der Waals surface area contributed by atoms with Crippen molar-refractivity contribution in [3.63, 3.8) is 0 Å². The van der Waals surface area contributed by atoms with Crippen molar-refractivity contribution < 1.29 is 14.3 Å². The SMILES string of the molecule is Cc1cccn2c(=O)c(/C=C3\SC(=S)N(Cc4ccc5c(c4)OCO5)C3=O)c(N3CCN(c4cccc(Cl)c4)CC3)nc12. The van der Waals surface area contributed by atoms with E-state index in [0.29, 0.717) is 55.9 Å². The second-order valence-electron chi connectivity index (χ2n) is 10.4. The number of benzene rings is 2. The Morgan fingerprint density at radius 1 is 1.00 bits per heavy atom. The molecule has 0 radical (unpaired) electrons. The number of aromatic nitrogens is 2. The molecule has 5 heterocycles. The van der Waals surface area contributed by atoms with Gasteiger partial charge in [0, 0.05) is 43.1 Å². The van der Waals surface area contributed by atoms with E-state index in [1.54, 1.807) is 21.6 Å². The molecule has 0 saturated carbocycles. The average molecular weight is 632 g/mol. The highest BCUT2D eigenvalue weighted by atomic mass is 35.5. The topological polar surface area (TPSA) is 79.6 Å². The molecule has 1 amide bonds. The van der Waals surface area contributed by atoms with E-state index in [1.165, 1.54) is 11.8 Å². The summed E-state index contributed by atoms with van der Waals surface area (Å²) in [5, 5.41) is 0.692. The second kappa shape index (κ2) is 11.2. The van der Waals surface area contributed by atoms with Crippen molar-refractivity contribution in [3.8, 4) is 11.5 Å². The summed E-state index contributed by atoms with van der Waals surface area (Å²) >= 11 is 13.0. The van der Waals surface area contributed by atoms with E-state index in [9.17, 15) is 9.59 Å². The van der Waals surface area contributed by atoms with E-state index in [2.05, 4.69) is 9.80 Å². The minimum atomic E-state index is -0.252. The number of carbonyl (C=O) groups excluding carboxylic acids is 1. The molecule has 2 aromatic heterocycles. The van der Waals surface area contributed by atoms with Crippen LogP contribution in [0.3, 0.4) is 0 Å². The monoisotopic (exact) mass is 631 g/mol. The molecule has 7 rings (SSSR count). The quantitative estimate of drug-likeness (QED) is 0.220. The molecule has 3 aliphatic heterocycles. The van der Waals surface area contributed by atoms with E-state index in [4.69, 9.17) is 38.3 Å². The van der Waals surface area contributed by atoms with Crippen LogP contribution in [0.5, 0.6) is 11.5 Å². The maximum atomic E-state index is 14.0. The fourth-order valence-corrected chi connectivity index (χ4v) is 6.93. The van der Waals surface area contributed by atoms with Crippen LogP contribution >= 0.6 is 35.6 Å². The highest BCUT2D eigenvalue weighted by Crippen LogP contribution is 2.37. The van der Waals surface area contributed by atoms with Crippen LogP contribution in [0.1, 0.15) is 16.7 Å². The van der Waals surface area contributed by atoms with Crippen LogP contribution in [0.4, 0.5) is 11.5 Å². The van der Waals surface area contributed by atoms with Crippen LogP contribution in [0.2, 0.25) is 5.02 Å². The summed E-state index contributed by atoms with van der Waals surface area (Å²) in [7, 11) is 0. The van der Waals surface area contributed by atoms with Crippen molar-refractivity contribution in [2.24, 2.45) is 0 Å². The smallest absolute Gasteiger partial charge is 0.267 e. The third-order valence-corrected chi connectivity index (χ3v) is 9.36. The number of aryl methyl sites for hydroxylation is 1. The lowest BCUT2D eigenvalue weighted by atomic mass is 10.1. The Kier molecular flexibility index (Phi) is 7.24. The Morgan fingerprint density at radius 2 is 1.79 bits per heavy atom. The van der Waals surface area contributed by atoms with E-state index in [-0.39, 0.29) is 24.8 Å². The maximum absolute atomic E-state index is 14.0. The van der Waals surface area contributed by atoms with Crippen molar-refractivity contribution >= 4 is 69.0 Å². The summed E-state index contributed by atoms with van der Waals surface area (Å²) in [5.41, 5.74) is 3.53. The summed E-state index contributed by atoms with van der Waals surface area (Å²) < 4.78 is 12.9. The predicted octanol–water partition coefficient (Wildman–Crippen LogP) is 5.11.